The van der Waals surface area contributed by atoms with Gasteiger partial charge in [-0.05, 0) is 6.10 Å². The summed E-state index contributed by atoms with van der Waals surface area (Å²) in [6.45, 7) is 3.27. The van der Waals surface area contributed by atoms with Gasteiger partial charge in [0.2, 0.25) is 0 Å². The Bertz CT molecular complexity index is 226. The molecular weight excluding hydrogens is 449 g/mol. The summed E-state index contributed by atoms with van der Waals surface area (Å²) in [6, 6.07) is 0. The van der Waals surface area contributed by atoms with Gasteiger partial charge in [-0.15, -0.1) is 0 Å². The topological polar surface area (TPSA) is 110 Å². The molecule has 8 heteroatoms. The van der Waals surface area contributed by atoms with Gasteiger partial charge in [0.1, 0.15) is 0 Å². The molecule has 0 aliphatic carbocycles. The Labute approximate surface area is 113 Å². The smallest absolute Gasteiger partial charge is 0.265 e. The minimum absolute atomic E-state index is 0. The van der Waals surface area contributed by atoms with Gasteiger partial charge < -0.3 is 30.9 Å². The van der Waals surface area contributed by atoms with Crippen molar-refractivity contribution < 1.29 is 60.2 Å². The van der Waals surface area contributed by atoms with Gasteiger partial charge in [-0.2, -0.15) is 6.92 Å². The molecule has 1 aliphatic heterocycles. The number of aliphatic hydroxyl groups excluding tert-OH is 1. The minimum atomic E-state index is -4.13. The molecule has 0 aromatic heterocycles. The van der Waals surface area contributed by atoms with Crippen LogP contribution in [-0.4, -0.2) is 29.4 Å². The fourth-order valence-corrected chi connectivity index (χ4v) is 2.44. The predicted octanol–water partition coefficient (Wildman–Crippen LogP) is -0.733. The molecule has 1 rings (SSSR count). The molecule has 0 aromatic rings. The number of hydrogen-bond acceptors (Lipinski definition) is 5. The van der Waals surface area contributed by atoms with Crippen molar-refractivity contribution in [1.29, 1.82) is 0 Å². The second-order valence-electron chi connectivity index (χ2n) is 3.08. The maximum Gasteiger partial charge on any atom is 0.265 e. The third-order valence-corrected chi connectivity index (χ3v) is 3.01. The van der Waals surface area contributed by atoms with E-state index >= 15 is 0 Å². The average molecular weight is 464 g/mol. The van der Waals surface area contributed by atoms with Gasteiger partial charge in [0.25, 0.3) is 7.82 Å². The molecule has 0 saturated carbocycles. The van der Waals surface area contributed by atoms with Crippen LogP contribution >= 0.6 is 7.82 Å². The summed E-state index contributed by atoms with van der Waals surface area (Å²) in [4.78, 5) is 10.9. The maximum absolute atomic E-state index is 10.9. The van der Waals surface area contributed by atoms with Gasteiger partial charge in [0.15, 0.2) is 0 Å². The van der Waals surface area contributed by atoms with Crippen LogP contribution in [0.25, 0.3) is 0 Å². The number of aliphatic hydroxyl groups is 1. The molecule has 1 heterocycles. The monoisotopic (exact) mass is 464 g/mol. The van der Waals surface area contributed by atoms with Gasteiger partial charge in [-0.3, -0.25) is 4.57 Å². The molecule has 6 nitrogen and oxygen atoms in total. The van der Waals surface area contributed by atoms with E-state index in [0.29, 0.717) is 0 Å². The van der Waals surface area contributed by atoms with E-state index in [1.54, 1.807) is 20.3 Å². The van der Waals surface area contributed by atoms with Crippen molar-refractivity contribution in [2.75, 3.05) is 6.61 Å². The van der Waals surface area contributed by atoms with Crippen molar-refractivity contribution in [1.82, 2.24) is 0 Å². The summed E-state index contributed by atoms with van der Waals surface area (Å²) in [5, 5.41) is 8.84. The van der Waals surface area contributed by atoms with Crippen LogP contribution in [0.15, 0.2) is 0 Å². The third kappa shape index (κ3) is 4.84. The van der Waals surface area contributed by atoms with E-state index in [9.17, 15) is 9.46 Å². The molecular formula is C7H15O6PU-2. The standard InChI is InChI=1S/C7H14O5P.H2O.U/c1-3-6-7(5(2)4-8)12-13(9,10)11-6;;/h3,5-8H,4H2,1-2H3,(H,9,10);1H2;/q-1;;/p-1/t5-,6?,7+;;/m1../s1. The van der Waals surface area contributed by atoms with Crippen molar-refractivity contribution in [3.63, 3.8) is 0 Å². The predicted molar refractivity (Wildman–Crippen MR) is 47.2 cm³/mol. The number of phosphoric ester groups is 1. The molecule has 0 aromatic carbocycles. The van der Waals surface area contributed by atoms with Gasteiger partial charge in [-0.25, -0.2) is 0 Å². The van der Waals surface area contributed by atoms with E-state index in [1.165, 1.54) is 0 Å². The first-order chi connectivity index (χ1) is 6.00. The second-order valence-corrected chi connectivity index (χ2v) is 4.40. The van der Waals surface area contributed by atoms with E-state index in [2.05, 4.69) is 4.52 Å². The van der Waals surface area contributed by atoms with Gasteiger partial charge in [-0.1, -0.05) is 6.92 Å². The Morgan fingerprint density at radius 2 is 2.13 bits per heavy atom. The van der Waals surface area contributed by atoms with Gasteiger partial charge in [0, 0.05) is 43.6 Å². The quantitative estimate of drug-likeness (QED) is 0.438. The summed E-state index contributed by atoms with van der Waals surface area (Å²) < 4.78 is 20.2. The molecule has 4 atom stereocenters. The van der Waals surface area contributed by atoms with Crippen LogP contribution in [0.4, 0.5) is 0 Å². The fourth-order valence-electron chi connectivity index (χ4n) is 1.23. The second kappa shape index (κ2) is 7.42. The molecule has 1 fully saturated rings. The summed E-state index contributed by atoms with van der Waals surface area (Å²) in [6.07, 6.45) is 0.429. The fraction of sp³-hybridized carbons (Fsp3) is 0.857. The van der Waals surface area contributed by atoms with Crippen LogP contribution in [0.2, 0.25) is 0 Å². The van der Waals surface area contributed by atoms with E-state index < -0.39 is 20.0 Å². The largest absolute Gasteiger partial charge is 0.756 e. The van der Waals surface area contributed by atoms with E-state index in [1.807, 2.05) is 0 Å². The Morgan fingerprint density at radius 3 is 2.53 bits per heavy atom. The molecule has 1 saturated heterocycles. The van der Waals surface area contributed by atoms with Crippen molar-refractivity contribution >= 4 is 7.82 Å². The van der Waals surface area contributed by atoms with Crippen LogP contribution < -0.4 is 4.89 Å². The normalized spacial score (nSPS) is 36.5. The first kappa shape index (κ1) is 18.4. The zero-order chi connectivity index (χ0) is 10.1. The first-order valence-electron chi connectivity index (χ1n) is 4.08. The number of phosphoric acid groups is 1. The Balaban J connectivity index is 0. The van der Waals surface area contributed by atoms with Crippen molar-refractivity contribution in [3.05, 3.63) is 6.42 Å². The molecule has 0 amide bonds. The third-order valence-electron chi connectivity index (χ3n) is 2.00. The molecule has 15 heavy (non-hydrogen) atoms. The molecule has 90 valence electrons. The van der Waals surface area contributed by atoms with Gasteiger partial charge >= 0.3 is 0 Å². The molecule has 0 radical (unpaired) electrons. The van der Waals surface area contributed by atoms with Crippen LogP contribution in [0.1, 0.15) is 13.8 Å². The Hall–Kier alpha value is 1.08. The summed E-state index contributed by atoms with van der Waals surface area (Å²) >= 11 is 0. The number of hydrogen-bond donors (Lipinski definition) is 1. The zero-order valence-electron chi connectivity index (χ0n) is 8.54. The first-order valence-corrected chi connectivity index (χ1v) is 5.54. The van der Waals surface area contributed by atoms with E-state index in [4.69, 9.17) is 9.63 Å². The summed E-state index contributed by atoms with van der Waals surface area (Å²) in [5.74, 6) is -0.258. The molecule has 3 N–H and O–H groups in total. The van der Waals surface area contributed by atoms with Crippen molar-refractivity contribution in [2.45, 2.75) is 26.1 Å². The van der Waals surface area contributed by atoms with Crippen molar-refractivity contribution in [2.24, 2.45) is 5.92 Å². The maximum atomic E-state index is 10.9. The van der Waals surface area contributed by atoms with Crippen LogP contribution in [-0.2, 0) is 13.6 Å². The van der Waals surface area contributed by atoms with E-state index in [0.717, 1.165) is 0 Å². The minimum Gasteiger partial charge on any atom is -0.756 e. The Morgan fingerprint density at radius 1 is 1.60 bits per heavy atom. The summed E-state index contributed by atoms with van der Waals surface area (Å²) in [5.41, 5.74) is 0. The summed E-state index contributed by atoms with van der Waals surface area (Å²) in [7, 11) is -4.13. The zero-order valence-corrected chi connectivity index (χ0v) is 13.6. The van der Waals surface area contributed by atoms with Gasteiger partial charge in [0.05, 0.1) is 6.10 Å². The SMILES string of the molecule is C[CH-]C1OP(=O)([O-])O[C@H]1[C@H](C)CO.O.[U]. The van der Waals surface area contributed by atoms with Crippen LogP contribution in [0.5, 0.6) is 0 Å². The molecule has 0 spiro atoms. The van der Waals surface area contributed by atoms with Crippen LogP contribution in [0.3, 0.4) is 0 Å². The molecule has 0 bridgehead atoms. The van der Waals surface area contributed by atoms with Crippen LogP contribution in [0, 0.1) is 43.5 Å². The molecule has 2 unspecified atom stereocenters. The van der Waals surface area contributed by atoms with E-state index in [-0.39, 0.29) is 49.1 Å². The molecule has 1 aliphatic rings. The Kier molecular flexibility index (Phi) is 9.12. The van der Waals surface area contributed by atoms with Crippen molar-refractivity contribution in [3.8, 4) is 0 Å². The number of rotatable bonds is 3. The average Bonchev–Trinajstić information content (AvgIpc) is 2.39.